The van der Waals surface area contributed by atoms with Gasteiger partial charge in [-0.3, -0.25) is 9.69 Å². The number of aromatic amines is 1. The van der Waals surface area contributed by atoms with Gasteiger partial charge < -0.3 is 10.3 Å². The monoisotopic (exact) mass is 235 g/mol. The SMILES string of the molecule is CC(C)c1cc[nH]c(=O)c1CN1CCNCC1. The van der Waals surface area contributed by atoms with Crippen LogP contribution < -0.4 is 10.9 Å². The summed E-state index contributed by atoms with van der Waals surface area (Å²) in [4.78, 5) is 17.0. The van der Waals surface area contributed by atoms with Gasteiger partial charge in [0.2, 0.25) is 0 Å². The van der Waals surface area contributed by atoms with Crippen LogP contribution in [0.15, 0.2) is 17.1 Å². The molecular weight excluding hydrogens is 214 g/mol. The quantitative estimate of drug-likeness (QED) is 0.818. The lowest BCUT2D eigenvalue weighted by Gasteiger charge is -2.27. The van der Waals surface area contributed by atoms with Gasteiger partial charge in [-0.2, -0.15) is 0 Å². The van der Waals surface area contributed by atoms with E-state index >= 15 is 0 Å². The summed E-state index contributed by atoms with van der Waals surface area (Å²) < 4.78 is 0. The fraction of sp³-hybridized carbons (Fsp3) is 0.615. The van der Waals surface area contributed by atoms with Crippen LogP contribution in [0, 0.1) is 0 Å². The second-order valence-corrected chi connectivity index (χ2v) is 4.92. The van der Waals surface area contributed by atoms with E-state index in [0.717, 1.165) is 38.3 Å². The van der Waals surface area contributed by atoms with Gasteiger partial charge in [-0.15, -0.1) is 0 Å². The molecule has 1 fully saturated rings. The summed E-state index contributed by atoms with van der Waals surface area (Å²) in [5.74, 6) is 0.398. The molecular formula is C13H21N3O. The molecule has 0 amide bonds. The molecule has 2 rings (SSSR count). The minimum Gasteiger partial charge on any atom is -0.329 e. The Bertz CT molecular complexity index is 419. The third-order valence-electron chi connectivity index (χ3n) is 3.31. The molecule has 1 aromatic heterocycles. The molecule has 94 valence electrons. The van der Waals surface area contributed by atoms with Crippen LogP contribution in [0.4, 0.5) is 0 Å². The third-order valence-corrected chi connectivity index (χ3v) is 3.31. The zero-order valence-electron chi connectivity index (χ0n) is 10.6. The molecule has 0 saturated carbocycles. The Labute approximate surface area is 102 Å². The lowest BCUT2D eigenvalue weighted by molar-refractivity contribution is 0.231. The Morgan fingerprint density at radius 1 is 1.35 bits per heavy atom. The molecule has 0 unspecified atom stereocenters. The van der Waals surface area contributed by atoms with Gasteiger partial charge in [0, 0.05) is 44.5 Å². The van der Waals surface area contributed by atoms with E-state index in [0.29, 0.717) is 5.92 Å². The fourth-order valence-corrected chi connectivity index (χ4v) is 2.32. The van der Waals surface area contributed by atoms with Crippen LogP contribution in [0.5, 0.6) is 0 Å². The normalized spacial score (nSPS) is 17.6. The van der Waals surface area contributed by atoms with Crippen molar-refractivity contribution in [1.82, 2.24) is 15.2 Å². The van der Waals surface area contributed by atoms with Crippen LogP contribution in [0.1, 0.15) is 30.9 Å². The lowest BCUT2D eigenvalue weighted by atomic mass is 9.98. The van der Waals surface area contributed by atoms with Crippen molar-refractivity contribution in [2.75, 3.05) is 26.2 Å². The van der Waals surface area contributed by atoms with Crippen LogP contribution >= 0.6 is 0 Å². The van der Waals surface area contributed by atoms with E-state index < -0.39 is 0 Å². The third kappa shape index (κ3) is 2.96. The Hall–Kier alpha value is -1.13. The predicted molar refractivity (Wildman–Crippen MR) is 69.3 cm³/mol. The second kappa shape index (κ2) is 5.47. The number of hydrogen-bond donors (Lipinski definition) is 2. The first kappa shape index (κ1) is 12.3. The Morgan fingerprint density at radius 3 is 2.71 bits per heavy atom. The fourth-order valence-electron chi connectivity index (χ4n) is 2.32. The van der Waals surface area contributed by atoms with Crippen molar-refractivity contribution in [2.45, 2.75) is 26.3 Å². The molecule has 1 saturated heterocycles. The van der Waals surface area contributed by atoms with Crippen LogP contribution in [0.25, 0.3) is 0 Å². The van der Waals surface area contributed by atoms with Gasteiger partial charge in [-0.1, -0.05) is 13.8 Å². The number of nitrogens with zero attached hydrogens (tertiary/aromatic N) is 1. The maximum Gasteiger partial charge on any atom is 0.252 e. The average Bonchev–Trinajstić information content (AvgIpc) is 2.33. The maximum atomic E-state index is 11.9. The molecule has 17 heavy (non-hydrogen) atoms. The summed E-state index contributed by atoms with van der Waals surface area (Å²) in [6.45, 7) is 9.11. The zero-order valence-corrected chi connectivity index (χ0v) is 10.6. The first-order valence-corrected chi connectivity index (χ1v) is 6.32. The molecule has 0 bridgehead atoms. The Balaban J connectivity index is 2.21. The molecule has 2 heterocycles. The van der Waals surface area contributed by atoms with Crippen LogP contribution in [-0.4, -0.2) is 36.1 Å². The molecule has 0 aromatic carbocycles. The summed E-state index contributed by atoms with van der Waals surface area (Å²) in [6, 6.07) is 2.03. The minimum atomic E-state index is 0.0646. The highest BCUT2D eigenvalue weighted by Crippen LogP contribution is 2.17. The van der Waals surface area contributed by atoms with Gasteiger partial charge in [0.05, 0.1) is 0 Å². The average molecular weight is 235 g/mol. The molecule has 0 aliphatic carbocycles. The van der Waals surface area contributed by atoms with E-state index in [4.69, 9.17) is 0 Å². The van der Waals surface area contributed by atoms with Gasteiger partial charge >= 0.3 is 0 Å². The largest absolute Gasteiger partial charge is 0.329 e. The van der Waals surface area contributed by atoms with Crippen molar-refractivity contribution in [2.24, 2.45) is 0 Å². The minimum absolute atomic E-state index is 0.0646. The van der Waals surface area contributed by atoms with Crippen LogP contribution in [0.2, 0.25) is 0 Å². The van der Waals surface area contributed by atoms with Gasteiger partial charge in [0.15, 0.2) is 0 Å². The number of piperazine rings is 1. The maximum absolute atomic E-state index is 11.9. The lowest BCUT2D eigenvalue weighted by Crippen LogP contribution is -2.43. The van der Waals surface area contributed by atoms with Gasteiger partial charge in [-0.25, -0.2) is 0 Å². The summed E-state index contributed by atoms with van der Waals surface area (Å²) in [5.41, 5.74) is 2.17. The molecule has 2 N–H and O–H groups in total. The van der Waals surface area contributed by atoms with E-state index in [1.165, 1.54) is 5.56 Å². The predicted octanol–water partition coefficient (Wildman–Crippen LogP) is 0.903. The van der Waals surface area contributed by atoms with Gasteiger partial charge in [0.1, 0.15) is 0 Å². The zero-order chi connectivity index (χ0) is 12.3. The highest BCUT2D eigenvalue weighted by Gasteiger charge is 2.15. The van der Waals surface area contributed by atoms with E-state index in [9.17, 15) is 4.79 Å². The molecule has 0 atom stereocenters. The van der Waals surface area contributed by atoms with Crippen molar-refractivity contribution in [3.63, 3.8) is 0 Å². The van der Waals surface area contributed by atoms with Gasteiger partial charge in [-0.05, 0) is 17.5 Å². The second-order valence-electron chi connectivity index (χ2n) is 4.92. The van der Waals surface area contributed by atoms with Crippen LogP contribution in [0.3, 0.4) is 0 Å². The molecule has 4 heteroatoms. The highest BCUT2D eigenvalue weighted by atomic mass is 16.1. The molecule has 1 aliphatic rings. The number of pyridine rings is 1. The summed E-state index contributed by atoms with van der Waals surface area (Å²) in [5, 5.41) is 3.32. The van der Waals surface area contributed by atoms with Crippen molar-refractivity contribution in [3.8, 4) is 0 Å². The number of nitrogens with one attached hydrogen (secondary N) is 2. The molecule has 0 spiro atoms. The van der Waals surface area contributed by atoms with E-state index in [1.807, 2.05) is 6.07 Å². The standard InChI is InChI=1S/C13H21N3O/c1-10(2)11-3-4-15-13(17)12(11)9-16-7-5-14-6-8-16/h3-4,10,14H,5-9H2,1-2H3,(H,15,17). The highest BCUT2D eigenvalue weighted by molar-refractivity contribution is 5.26. The topological polar surface area (TPSA) is 48.1 Å². The first-order valence-electron chi connectivity index (χ1n) is 6.32. The van der Waals surface area contributed by atoms with Crippen LogP contribution in [-0.2, 0) is 6.54 Å². The Morgan fingerprint density at radius 2 is 2.06 bits per heavy atom. The number of H-pyrrole nitrogens is 1. The van der Waals surface area contributed by atoms with Gasteiger partial charge in [0.25, 0.3) is 5.56 Å². The number of hydrogen-bond acceptors (Lipinski definition) is 3. The smallest absolute Gasteiger partial charge is 0.252 e. The summed E-state index contributed by atoms with van der Waals surface area (Å²) in [7, 11) is 0. The molecule has 4 nitrogen and oxygen atoms in total. The van der Waals surface area contributed by atoms with Crippen molar-refractivity contribution in [3.05, 3.63) is 33.7 Å². The Kier molecular flexibility index (Phi) is 3.97. The number of rotatable bonds is 3. The summed E-state index contributed by atoms with van der Waals surface area (Å²) >= 11 is 0. The molecule has 1 aromatic rings. The summed E-state index contributed by atoms with van der Waals surface area (Å²) in [6.07, 6.45) is 1.75. The van der Waals surface area contributed by atoms with E-state index in [2.05, 4.69) is 29.0 Å². The number of aromatic nitrogens is 1. The molecule has 0 radical (unpaired) electrons. The van der Waals surface area contributed by atoms with Crippen molar-refractivity contribution >= 4 is 0 Å². The first-order chi connectivity index (χ1) is 8.18. The van der Waals surface area contributed by atoms with E-state index in [1.54, 1.807) is 6.20 Å². The van der Waals surface area contributed by atoms with Crippen molar-refractivity contribution < 1.29 is 0 Å². The van der Waals surface area contributed by atoms with E-state index in [-0.39, 0.29) is 5.56 Å². The molecule has 1 aliphatic heterocycles. The van der Waals surface area contributed by atoms with Crippen molar-refractivity contribution in [1.29, 1.82) is 0 Å².